The highest BCUT2D eigenvalue weighted by Crippen LogP contribution is 2.29. The Hall–Kier alpha value is -1.85. The highest BCUT2D eigenvalue weighted by atomic mass is 19.4. The molecule has 1 heterocycles. The van der Waals surface area contributed by atoms with Crippen LogP contribution in [0.4, 0.5) is 13.2 Å². The van der Waals surface area contributed by atoms with Crippen molar-refractivity contribution in [2.75, 3.05) is 6.54 Å². The fraction of sp³-hybridized carbons (Fsp3) is 0.385. The van der Waals surface area contributed by atoms with Crippen LogP contribution >= 0.6 is 0 Å². The standard InChI is InChI=1S/C13H12F3NO2/c14-13(15,16)11-3-1-9(2-4-11)6-17-7-10(8-18)5-12(17)19/h1-4,8,10H,5-7H2. The summed E-state index contributed by atoms with van der Waals surface area (Å²) in [5.41, 5.74) is -0.0948. The summed E-state index contributed by atoms with van der Waals surface area (Å²) in [6.45, 7) is 0.574. The van der Waals surface area contributed by atoms with Gasteiger partial charge in [0.25, 0.3) is 0 Å². The fourth-order valence-corrected chi connectivity index (χ4v) is 2.07. The fourth-order valence-electron chi connectivity index (χ4n) is 2.07. The minimum absolute atomic E-state index is 0.142. The third-order valence-corrected chi connectivity index (χ3v) is 3.09. The second-order valence-electron chi connectivity index (χ2n) is 4.57. The lowest BCUT2D eigenvalue weighted by atomic mass is 10.1. The molecule has 0 spiro atoms. The van der Waals surface area contributed by atoms with Gasteiger partial charge < -0.3 is 9.69 Å². The van der Waals surface area contributed by atoms with Gasteiger partial charge in [0.15, 0.2) is 0 Å². The summed E-state index contributed by atoms with van der Waals surface area (Å²) in [7, 11) is 0. The van der Waals surface area contributed by atoms with Crippen molar-refractivity contribution < 1.29 is 22.8 Å². The van der Waals surface area contributed by atoms with E-state index in [4.69, 9.17) is 0 Å². The molecule has 0 N–H and O–H groups in total. The Morgan fingerprint density at radius 2 is 1.89 bits per heavy atom. The number of carbonyl (C=O) groups excluding carboxylic acids is 2. The highest BCUT2D eigenvalue weighted by molar-refractivity contribution is 5.82. The molecule has 0 aliphatic carbocycles. The Morgan fingerprint density at radius 3 is 2.37 bits per heavy atom. The van der Waals surface area contributed by atoms with Gasteiger partial charge in [-0.15, -0.1) is 0 Å². The van der Waals surface area contributed by atoms with Crippen LogP contribution in [0.15, 0.2) is 24.3 Å². The zero-order valence-electron chi connectivity index (χ0n) is 9.98. The lowest BCUT2D eigenvalue weighted by Crippen LogP contribution is -2.24. The summed E-state index contributed by atoms with van der Waals surface area (Å²) in [4.78, 5) is 23.7. The number of hydrogen-bond donors (Lipinski definition) is 0. The Bertz CT molecular complexity index is 482. The number of carbonyl (C=O) groups is 2. The maximum absolute atomic E-state index is 12.4. The monoisotopic (exact) mass is 271 g/mol. The summed E-state index contributed by atoms with van der Waals surface area (Å²) in [6.07, 6.45) is -3.43. The number of alkyl halides is 3. The molecule has 1 fully saturated rings. The van der Waals surface area contributed by atoms with Crippen molar-refractivity contribution in [3.8, 4) is 0 Å². The molecule has 0 saturated carbocycles. The zero-order valence-corrected chi connectivity index (χ0v) is 9.98. The smallest absolute Gasteiger partial charge is 0.338 e. The van der Waals surface area contributed by atoms with Crippen LogP contribution in [0.2, 0.25) is 0 Å². The van der Waals surface area contributed by atoms with Crippen molar-refractivity contribution in [2.24, 2.45) is 5.92 Å². The third-order valence-electron chi connectivity index (χ3n) is 3.09. The van der Waals surface area contributed by atoms with Crippen molar-refractivity contribution in [2.45, 2.75) is 19.1 Å². The maximum Gasteiger partial charge on any atom is 0.416 e. The van der Waals surface area contributed by atoms with Crippen molar-refractivity contribution in [1.82, 2.24) is 4.90 Å². The van der Waals surface area contributed by atoms with Crippen molar-refractivity contribution in [3.05, 3.63) is 35.4 Å². The molecule has 6 heteroatoms. The van der Waals surface area contributed by atoms with E-state index in [9.17, 15) is 22.8 Å². The average Bonchev–Trinajstić information content (AvgIpc) is 2.70. The molecule has 1 saturated heterocycles. The molecular formula is C13H12F3NO2. The number of aldehydes is 1. The minimum Gasteiger partial charge on any atom is -0.338 e. The number of likely N-dealkylation sites (tertiary alicyclic amines) is 1. The van der Waals surface area contributed by atoms with Crippen LogP contribution in [-0.2, 0) is 22.3 Å². The van der Waals surface area contributed by atoms with Gasteiger partial charge in [-0.1, -0.05) is 12.1 Å². The number of benzene rings is 1. The first-order valence-corrected chi connectivity index (χ1v) is 5.79. The SMILES string of the molecule is O=CC1CC(=O)N(Cc2ccc(C(F)(F)F)cc2)C1. The van der Waals surface area contributed by atoms with Crippen molar-refractivity contribution >= 4 is 12.2 Å². The van der Waals surface area contributed by atoms with E-state index in [0.717, 1.165) is 18.4 Å². The average molecular weight is 271 g/mol. The van der Waals surface area contributed by atoms with E-state index in [-0.39, 0.29) is 24.8 Å². The van der Waals surface area contributed by atoms with Crippen molar-refractivity contribution in [3.63, 3.8) is 0 Å². The van der Waals surface area contributed by atoms with E-state index >= 15 is 0 Å². The van der Waals surface area contributed by atoms with Gasteiger partial charge in [0.1, 0.15) is 6.29 Å². The van der Waals surface area contributed by atoms with Crippen LogP contribution in [0, 0.1) is 5.92 Å². The summed E-state index contributed by atoms with van der Waals surface area (Å²) < 4.78 is 37.1. The Balaban J connectivity index is 2.04. The van der Waals surface area contributed by atoms with E-state index in [1.807, 2.05) is 0 Å². The van der Waals surface area contributed by atoms with Gasteiger partial charge in [-0.05, 0) is 17.7 Å². The largest absolute Gasteiger partial charge is 0.416 e. The lowest BCUT2D eigenvalue weighted by Gasteiger charge is -2.16. The van der Waals surface area contributed by atoms with Gasteiger partial charge in [0.2, 0.25) is 5.91 Å². The molecule has 1 aromatic carbocycles. The molecule has 0 radical (unpaired) electrons. The van der Waals surface area contributed by atoms with Gasteiger partial charge in [0, 0.05) is 25.4 Å². The zero-order chi connectivity index (χ0) is 14.0. The van der Waals surface area contributed by atoms with E-state index < -0.39 is 11.7 Å². The number of nitrogens with zero attached hydrogens (tertiary/aromatic N) is 1. The Labute approximate surface area is 108 Å². The van der Waals surface area contributed by atoms with Gasteiger partial charge in [0.05, 0.1) is 5.56 Å². The van der Waals surface area contributed by atoms with Crippen LogP contribution in [0.1, 0.15) is 17.5 Å². The second kappa shape index (κ2) is 5.03. The predicted molar refractivity (Wildman–Crippen MR) is 61.0 cm³/mol. The summed E-state index contributed by atoms with van der Waals surface area (Å²) in [5, 5.41) is 0. The third kappa shape index (κ3) is 3.13. The van der Waals surface area contributed by atoms with E-state index in [1.165, 1.54) is 17.0 Å². The van der Waals surface area contributed by atoms with Crippen LogP contribution in [0.5, 0.6) is 0 Å². The molecule has 102 valence electrons. The molecule has 1 atom stereocenters. The normalized spacial score (nSPS) is 19.8. The van der Waals surface area contributed by atoms with E-state index in [0.29, 0.717) is 12.1 Å². The minimum atomic E-state index is -4.36. The van der Waals surface area contributed by atoms with Crippen LogP contribution < -0.4 is 0 Å². The highest BCUT2D eigenvalue weighted by Gasteiger charge is 2.31. The van der Waals surface area contributed by atoms with Crippen molar-refractivity contribution in [1.29, 1.82) is 0 Å². The molecule has 0 aromatic heterocycles. The maximum atomic E-state index is 12.4. The molecular weight excluding hydrogens is 259 g/mol. The quantitative estimate of drug-likeness (QED) is 0.791. The first kappa shape index (κ1) is 13.6. The number of hydrogen-bond acceptors (Lipinski definition) is 2. The van der Waals surface area contributed by atoms with Gasteiger partial charge >= 0.3 is 6.18 Å². The number of amides is 1. The molecule has 1 aromatic rings. The summed E-state index contributed by atoms with van der Waals surface area (Å²) in [6, 6.07) is 4.69. The van der Waals surface area contributed by atoms with Gasteiger partial charge in [-0.25, -0.2) is 0 Å². The van der Waals surface area contributed by atoms with Crippen LogP contribution in [-0.4, -0.2) is 23.6 Å². The lowest BCUT2D eigenvalue weighted by molar-refractivity contribution is -0.137. The van der Waals surface area contributed by atoms with Crippen LogP contribution in [0.3, 0.4) is 0 Å². The first-order valence-electron chi connectivity index (χ1n) is 5.79. The van der Waals surface area contributed by atoms with Crippen LogP contribution in [0.25, 0.3) is 0 Å². The predicted octanol–water partition coefficient (Wildman–Crippen LogP) is 2.25. The van der Waals surface area contributed by atoms with E-state index in [2.05, 4.69) is 0 Å². The number of halogens is 3. The Kier molecular flexibility index (Phi) is 3.59. The molecule has 3 nitrogen and oxygen atoms in total. The molecule has 1 aliphatic rings. The second-order valence-corrected chi connectivity index (χ2v) is 4.57. The topological polar surface area (TPSA) is 37.4 Å². The summed E-state index contributed by atoms with van der Waals surface area (Å²) >= 11 is 0. The van der Waals surface area contributed by atoms with Gasteiger partial charge in [-0.2, -0.15) is 13.2 Å². The number of rotatable bonds is 3. The summed E-state index contributed by atoms with van der Waals surface area (Å²) in [5.74, 6) is -0.445. The molecule has 1 amide bonds. The molecule has 2 rings (SSSR count). The first-order chi connectivity index (χ1) is 8.90. The molecule has 1 unspecified atom stereocenters. The molecule has 1 aliphatic heterocycles. The molecule has 19 heavy (non-hydrogen) atoms. The molecule has 0 bridgehead atoms. The Morgan fingerprint density at radius 1 is 1.26 bits per heavy atom. The van der Waals surface area contributed by atoms with Gasteiger partial charge in [-0.3, -0.25) is 4.79 Å². The van der Waals surface area contributed by atoms with E-state index in [1.54, 1.807) is 0 Å².